The van der Waals surface area contributed by atoms with E-state index in [0.717, 1.165) is 20.5 Å². The standard InChI is InChI=1S/C13H14BrClN4O2S/c14-8-5-11-10(6-9(8)15)19(13(21)22-11)7-12(20)17-1-3-18(16)4-2-17/h5-6H,1-4,7,16H2. The van der Waals surface area contributed by atoms with Gasteiger partial charge in [-0.1, -0.05) is 22.9 Å². The fourth-order valence-corrected chi connectivity index (χ4v) is 3.98. The zero-order valence-electron chi connectivity index (χ0n) is 11.6. The molecule has 1 saturated heterocycles. The van der Waals surface area contributed by atoms with E-state index in [1.165, 1.54) is 4.57 Å². The number of fused-ring (bicyclic) bond motifs is 1. The Kier molecular flexibility index (Phi) is 4.56. The van der Waals surface area contributed by atoms with E-state index in [9.17, 15) is 9.59 Å². The van der Waals surface area contributed by atoms with Crippen LogP contribution < -0.4 is 10.7 Å². The number of carbonyl (C=O) groups excluding carboxylic acids is 1. The molecule has 1 aromatic carbocycles. The van der Waals surface area contributed by atoms with Crippen molar-refractivity contribution in [3.05, 3.63) is 31.3 Å². The van der Waals surface area contributed by atoms with E-state index >= 15 is 0 Å². The number of aromatic nitrogens is 1. The summed E-state index contributed by atoms with van der Waals surface area (Å²) >= 11 is 10.5. The van der Waals surface area contributed by atoms with E-state index in [-0.39, 0.29) is 17.3 Å². The number of thiazole rings is 1. The molecule has 2 heterocycles. The third-order valence-corrected chi connectivity index (χ3v) is 5.81. The van der Waals surface area contributed by atoms with Crippen LogP contribution in [0.4, 0.5) is 0 Å². The molecule has 0 radical (unpaired) electrons. The van der Waals surface area contributed by atoms with Gasteiger partial charge in [-0.15, -0.1) is 0 Å². The normalized spacial score (nSPS) is 16.4. The van der Waals surface area contributed by atoms with Crippen LogP contribution >= 0.6 is 38.9 Å². The van der Waals surface area contributed by atoms with Crippen molar-refractivity contribution in [3.63, 3.8) is 0 Å². The van der Waals surface area contributed by atoms with Gasteiger partial charge in [0.1, 0.15) is 6.54 Å². The number of hydrogen-bond donors (Lipinski definition) is 1. The minimum absolute atomic E-state index is 0.0291. The third kappa shape index (κ3) is 3.07. The third-order valence-electron chi connectivity index (χ3n) is 3.67. The van der Waals surface area contributed by atoms with Gasteiger partial charge in [-0.25, -0.2) is 5.01 Å². The lowest BCUT2D eigenvalue weighted by Crippen LogP contribution is -2.52. The smallest absolute Gasteiger partial charge is 0.308 e. The minimum atomic E-state index is -0.157. The summed E-state index contributed by atoms with van der Waals surface area (Å²) in [4.78, 5) is 26.1. The first-order chi connectivity index (χ1) is 10.5. The molecule has 0 saturated carbocycles. The molecule has 0 spiro atoms. The van der Waals surface area contributed by atoms with Crippen LogP contribution in [0.5, 0.6) is 0 Å². The van der Waals surface area contributed by atoms with Crippen molar-refractivity contribution in [1.29, 1.82) is 0 Å². The molecule has 1 aliphatic rings. The van der Waals surface area contributed by atoms with E-state index in [4.69, 9.17) is 17.4 Å². The van der Waals surface area contributed by atoms with Gasteiger partial charge in [-0.3, -0.25) is 20.0 Å². The maximum absolute atomic E-state index is 12.4. The maximum Gasteiger partial charge on any atom is 0.308 e. The molecule has 1 aliphatic heterocycles. The average Bonchev–Trinajstić information content (AvgIpc) is 2.76. The summed E-state index contributed by atoms with van der Waals surface area (Å²) in [5.41, 5.74) is 0.689. The molecule has 2 N–H and O–H groups in total. The molecule has 1 aromatic heterocycles. The predicted molar refractivity (Wildman–Crippen MR) is 91.1 cm³/mol. The largest absolute Gasteiger partial charge is 0.338 e. The molecule has 0 unspecified atom stereocenters. The number of hydrazine groups is 1. The molecular formula is C13H14BrClN4O2S. The monoisotopic (exact) mass is 404 g/mol. The van der Waals surface area contributed by atoms with Crippen molar-refractivity contribution in [2.45, 2.75) is 6.54 Å². The summed E-state index contributed by atoms with van der Waals surface area (Å²) in [6.07, 6.45) is 0. The fraction of sp³-hybridized carbons (Fsp3) is 0.385. The molecule has 6 nitrogen and oxygen atoms in total. The molecule has 1 fully saturated rings. The van der Waals surface area contributed by atoms with Gasteiger partial charge in [-0.2, -0.15) is 0 Å². The van der Waals surface area contributed by atoms with Crippen LogP contribution in [0.2, 0.25) is 5.02 Å². The summed E-state index contributed by atoms with van der Waals surface area (Å²) in [6, 6.07) is 3.52. The number of nitrogens with zero attached hydrogens (tertiary/aromatic N) is 3. The highest BCUT2D eigenvalue weighted by Crippen LogP contribution is 2.29. The Bertz CT molecular complexity index is 782. The number of rotatable bonds is 2. The Balaban J connectivity index is 1.87. The van der Waals surface area contributed by atoms with E-state index in [1.54, 1.807) is 22.0 Å². The first-order valence-electron chi connectivity index (χ1n) is 6.71. The summed E-state index contributed by atoms with van der Waals surface area (Å²) < 4.78 is 3.02. The lowest BCUT2D eigenvalue weighted by molar-refractivity contribution is -0.133. The zero-order chi connectivity index (χ0) is 15.9. The highest BCUT2D eigenvalue weighted by Gasteiger charge is 2.21. The van der Waals surface area contributed by atoms with Crippen LogP contribution in [0.3, 0.4) is 0 Å². The zero-order valence-corrected chi connectivity index (χ0v) is 14.7. The Morgan fingerprint density at radius 1 is 1.32 bits per heavy atom. The first kappa shape index (κ1) is 15.9. The number of halogens is 2. The van der Waals surface area contributed by atoms with Gasteiger partial charge in [0.15, 0.2) is 0 Å². The SMILES string of the molecule is NN1CCN(C(=O)Cn2c(=O)sc3cc(Br)c(Cl)cc32)CC1. The quantitative estimate of drug-likeness (QED) is 0.769. The molecule has 9 heteroatoms. The topological polar surface area (TPSA) is 71.6 Å². The van der Waals surface area contributed by atoms with Gasteiger partial charge >= 0.3 is 4.87 Å². The Labute approximate surface area is 144 Å². The van der Waals surface area contributed by atoms with Gasteiger partial charge in [0.25, 0.3) is 0 Å². The second-order valence-electron chi connectivity index (χ2n) is 5.10. The maximum atomic E-state index is 12.4. The molecule has 118 valence electrons. The Morgan fingerprint density at radius 2 is 2.00 bits per heavy atom. The minimum Gasteiger partial charge on any atom is -0.338 e. The van der Waals surface area contributed by atoms with Gasteiger partial charge in [0.05, 0.1) is 15.2 Å². The number of carbonyl (C=O) groups is 1. The van der Waals surface area contributed by atoms with E-state index < -0.39 is 0 Å². The van der Waals surface area contributed by atoms with Gasteiger partial charge in [-0.05, 0) is 28.1 Å². The van der Waals surface area contributed by atoms with Crippen LogP contribution in [-0.2, 0) is 11.3 Å². The molecule has 1 amide bonds. The van der Waals surface area contributed by atoms with Crippen LogP contribution in [0, 0.1) is 0 Å². The van der Waals surface area contributed by atoms with Crippen molar-refractivity contribution in [2.75, 3.05) is 26.2 Å². The van der Waals surface area contributed by atoms with Crippen molar-refractivity contribution in [2.24, 2.45) is 5.84 Å². The lowest BCUT2D eigenvalue weighted by Gasteiger charge is -2.32. The number of hydrogen-bond acceptors (Lipinski definition) is 5. The highest BCUT2D eigenvalue weighted by atomic mass is 79.9. The summed E-state index contributed by atoms with van der Waals surface area (Å²) in [6.45, 7) is 2.48. The summed E-state index contributed by atoms with van der Waals surface area (Å²) in [5, 5.41) is 2.20. The Hall–Kier alpha value is -0.930. The number of amides is 1. The van der Waals surface area contributed by atoms with E-state index in [2.05, 4.69) is 15.9 Å². The molecule has 0 atom stereocenters. The predicted octanol–water partition coefficient (Wildman–Crippen LogP) is 1.50. The molecule has 22 heavy (non-hydrogen) atoms. The number of benzene rings is 1. The van der Waals surface area contributed by atoms with Crippen molar-refractivity contribution in [1.82, 2.24) is 14.5 Å². The van der Waals surface area contributed by atoms with E-state index in [1.807, 2.05) is 0 Å². The highest BCUT2D eigenvalue weighted by molar-refractivity contribution is 9.10. The lowest BCUT2D eigenvalue weighted by atomic mass is 10.3. The fourth-order valence-electron chi connectivity index (χ4n) is 2.41. The molecular weight excluding hydrogens is 392 g/mol. The van der Waals surface area contributed by atoms with Gasteiger partial charge < -0.3 is 4.90 Å². The van der Waals surface area contributed by atoms with E-state index in [0.29, 0.717) is 36.7 Å². The van der Waals surface area contributed by atoms with Gasteiger partial charge in [0, 0.05) is 30.7 Å². The van der Waals surface area contributed by atoms with Crippen LogP contribution in [0.1, 0.15) is 0 Å². The number of piperazine rings is 1. The van der Waals surface area contributed by atoms with Gasteiger partial charge in [0.2, 0.25) is 5.91 Å². The van der Waals surface area contributed by atoms with Crippen molar-refractivity contribution >= 4 is 55.0 Å². The molecule has 0 bridgehead atoms. The second kappa shape index (κ2) is 6.29. The van der Waals surface area contributed by atoms with Crippen molar-refractivity contribution < 1.29 is 4.79 Å². The van der Waals surface area contributed by atoms with Crippen LogP contribution in [-0.4, -0.2) is 46.6 Å². The van der Waals surface area contributed by atoms with Crippen molar-refractivity contribution in [3.8, 4) is 0 Å². The molecule has 0 aliphatic carbocycles. The molecule has 2 aromatic rings. The number of nitrogens with two attached hydrogens (primary N) is 1. The summed E-state index contributed by atoms with van der Waals surface area (Å²) in [5.74, 6) is 5.61. The summed E-state index contributed by atoms with van der Waals surface area (Å²) in [7, 11) is 0. The Morgan fingerprint density at radius 3 is 2.68 bits per heavy atom. The van der Waals surface area contributed by atoms with Crippen LogP contribution in [0.15, 0.2) is 21.4 Å². The first-order valence-corrected chi connectivity index (χ1v) is 8.70. The second-order valence-corrected chi connectivity index (χ2v) is 7.36. The average molecular weight is 406 g/mol. The van der Waals surface area contributed by atoms with Crippen LogP contribution in [0.25, 0.3) is 10.2 Å². The molecule has 3 rings (SSSR count).